The molecule has 1 aliphatic heterocycles. The minimum absolute atomic E-state index is 0.0432. The molecule has 1 aliphatic rings. The zero-order valence-corrected chi connectivity index (χ0v) is 19.5. The lowest BCUT2D eigenvalue weighted by Crippen LogP contribution is -2.29. The first-order chi connectivity index (χ1) is 15.7. The number of alkyl halides is 6. The molecule has 1 saturated heterocycles. The van der Waals surface area contributed by atoms with E-state index >= 15 is 0 Å². The Balaban J connectivity index is 1.86. The summed E-state index contributed by atoms with van der Waals surface area (Å²) >= 11 is 5.94. The van der Waals surface area contributed by atoms with Gasteiger partial charge in [-0.1, -0.05) is 31.5 Å². The molecule has 1 heterocycles. The zero-order valence-electron chi connectivity index (χ0n) is 18.7. The van der Waals surface area contributed by atoms with Crippen molar-refractivity contribution in [2.24, 2.45) is 0 Å². The van der Waals surface area contributed by atoms with Gasteiger partial charge in [0.2, 0.25) is 5.91 Å². The Bertz CT molecular complexity index is 1050. The summed E-state index contributed by atoms with van der Waals surface area (Å²) in [5.74, 6) is -0.324. The standard InChI is InChI=1S/C24H25ClF6N2O/c1-3-4-21(34)32-13-15-5-6-19(12-20(15)24(29,30)31)33-8-7-22(2,14-33)16-9-17(23(26,27)28)11-18(25)10-16/h5-6,9-12H,3-4,7-8,13-14H2,1-2H3,(H,32,34). The van der Waals surface area contributed by atoms with E-state index in [1.54, 1.807) is 24.8 Å². The molecule has 1 fully saturated rings. The number of hydrogen-bond donors (Lipinski definition) is 1. The van der Waals surface area contributed by atoms with Crippen LogP contribution >= 0.6 is 11.6 Å². The number of carbonyl (C=O) groups is 1. The summed E-state index contributed by atoms with van der Waals surface area (Å²) in [5, 5.41) is 2.46. The van der Waals surface area contributed by atoms with Gasteiger partial charge in [0.05, 0.1) is 11.1 Å². The Morgan fingerprint density at radius 1 is 1.09 bits per heavy atom. The molecule has 0 aliphatic carbocycles. The van der Waals surface area contributed by atoms with E-state index in [4.69, 9.17) is 11.6 Å². The first-order valence-electron chi connectivity index (χ1n) is 10.8. The lowest BCUT2D eigenvalue weighted by molar-refractivity contribution is -0.138. The molecular weight excluding hydrogens is 482 g/mol. The SMILES string of the molecule is CCCC(=O)NCc1ccc(N2CCC(C)(c3cc(Cl)cc(C(F)(F)F)c3)C2)cc1C(F)(F)F. The fourth-order valence-electron chi connectivity index (χ4n) is 4.21. The Morgan fingerprint density at radius 3 is 2.41 bits per heavy atom. The molecule has 3 nitrogen and oxygen atoms in total. The second-order valence-corrected chi connectivity index (χ2v) is 9.26. The van der Waals surface area contributed by atoms with Crippen molar-refractivity contribution in [2.45, 2.75) is 57.4 Å². The van der Waals surface area contributed by atoms with Gasteiger partial charge in [0.15, 0.2) is 0 Å². The third-order valence-electron chi connectivity index (χ3n) is 6.11. The van der Waals surface area contributed by atoms with Crippen LogP contribution in [0.1, 0.15) is 55.4 Å². The average Bonchev–Trinajstić information content (AvgIpc) is 3.14. The average molecular weight is 507 g/mol. The van der Waals surface area contributed by atoms with Crippen molar-refractivity contribution in [3.05, 3.63) is 63.7 Å². The molecule has 0 bridgehead atoms. The van der Waals surface area contributed by atoms with Gasteiger partial charge in [-0.3, -0.25) is 4.79 Å². The Kier molecular flexibility index (Phi) is 7.45. The second-order valence-electron chi connectivity index (χ2n) is 8.82. The molecule has 34 heavy (non-hydrogen) atoms. The van der Waals surface area contributed by atoms with Crippen LogP contribution in [0.15, 0.2) is 36.4 Å². The third kappa shape index (κ3) is 5.98. The minimum Gasteiger partial charge on any atom is -0.371 e. The van der Waals surface area contributed by atoms with E-state index in [-0.39, 0.29) is 36.0 Å². The van der Waals surface area contributed by atoms with Crippen molar-refractivity contribution in [1.29, 1.82) is 0 Å². The van der Waals surface area contributed by atoms with Crippen LogP contribution in [0.4, 0.5) is 32.0 Å². The molecular formula is C24H25ClF6N2O. The van der Waals surface area contributed by atoms with Gasteiger partial charge in [-0.15, -0.1) is 0 Å². The Labute approximate surface area is 199 Å². The summed E-state index contributed by atoms with van der Waals surface area (Å²) in [5.41, 5.74) is -1.77. The van der Waals surface area contributed by atoms with Gasteiger partial charge < -0.3 is 10.2 Å². The van der Waals surface area contributed by atoms with E-state index in [1.807, 2.05) is 0 Å². The molecule has 0 saturated carbocycles. The number of anilines is 1. The highest BCUT2D eigenvalue weighted by atomic mass is 35.5. The molecule has 10 heteroatoms. The topological polar surface area (TPSA) is 32.3 Å². The number of amides is 1. The summed E-state index contributed by atoms with van der Waals surface area (Å²) in [6.45, 7) is 3.94. The fraction of sp³-hybridized carbons (Fsp3) is 0.458. The first kappa shape index (κ1) is 26.2. The van der Waals surface area contributed by atoms with Crippen molar-refractivity contribution in [3.8, 4) is 0 Å². The predicted molar refractivity (Wildman–Crippen MR) is 119 cm³/mol. The molecule has 2 aromatic rings. The van der Waals surface area contributed by atoms with Gasteiger partial charge in [0, 0.05) is 42.2 Å². The minimum atomic E-state index is -4.63. The van der Waals surface area contributed by atoms with Crippen LogP contribution in [-0.4, -0.2) is 19.0 Å². The van der Waals surface area contributed by atoms with E-state index in [2.05, 4.69) is 5.32 Å². The number of hydrogen-bond acceptors (Lipinski definition) is 2. The number of benzene rings is 2. The fourth-order valence-corrected chi connectivity index (χ4v) is 4.44. The molecule has 2 aromatic carbocycles. The van der Waals surface area contributed by atoms with Crippen molar-refractivity contribution < 1.29 is 31.1 Å². The number of carbonyl (C=O) groups excluding carboxylic acids is 1. The maximum absolute atomic E-state index is 13.8. The molecule has 186 valence electrons. The van der Waals surface area contributed by atoms with E-state index in [0.717, 1.165) is 18.2 Å². The molecule has 0 radical (unpaired) electrons. The largest absolute Gasteiger partial charge is 0.416 e. The van der Waals surface area contributed by atoms with E-state index < -0.39 is 28.9 Å². The van der Waals surface area contributed by atoms with Crippen LogP contribution in [0.3, 0.4) is 0 Å². The summed E-state index contributed by atoms with van der Waals surface area (Å²) in [7, 11) is 0. The van der Waals surface area contributed by atoms with Gasteiger partial charge in [-0.05, 0) is 54.3 Å². The summed E-state index contributed by atoms with van der Waals surface area (Å²) in [6, 6.07) is 7.30. The van der Waals surface area contributed by atoms with Crippen molar-refractivity contribution in [2.75, 3.05) is 18.0 Å². The highest BCUT2D eigenvalue weighted by molar-refractivity contribution is 6.30. The van der Waals surface area contributed by atoms with Gasteiger partial charge in [0.1, 0.15) is 0 Å². The number of halogens is 7. The van der Waals surface area contributed by atoms with Crippen LogP contribution in [0.5, 0.6) is 0 Å². The Hall–Kier alpha value is -2.42. The molecule has 0 spiro atoms. The van der Waals surface area contributed by atoms with Crippen LogP contribution in [0, 0.1) is 0 Å². The summed E-state index contributed by atoms with van der Waals surface area (Å²) in [6.07, 6.45) is -7.93. The van der Waals surface area contributed by atoms with Crippen molar-refractivity contribution in [3.63, 3.8) is 0 Å². The van der Waals surface area contributed by atoms with Crippen molar-refractivity contribution >= 4 is 23.2 Å². The van der Waals surface area contributed by atoms with Gasteiger partial charge in [-0.2, -0.15) is 26.3 Å². The summed E-state index contributed by atoms with van der Waals surface area (Å²) < 4.78 is 81.0. The van der Waals surface area contributed by atoms with E-state index in [0.29, 0.717) is 30.6 Å². The van der Waals surface area contributed by atoms with Crippen LogP contribution < -0.4 is 10.2 Å². The lowest BCUT2D eigenvalue weighted by atomic mass is 9.81. The molecule has 0 aromatic heterocycles. The highest BCUT2D eigenvalue weighted by Gasteiger charge is 2.40. The van der Waals surface area contributed by atoms with Crippen LogP contribution in [0.25, 0.3) is 0 Å². The van der Waals surface area contributed by atoms with Crippen LogP contribution in [-0.2, 0) is 29.1 Å². The molecule has 1 N–H and O–H groups in total. The number of nitrogens with zero attached hydrogens (tertiary/aromatic N) is 1. The van der Waals surface area contributed by atoms with Crippen LogP contribution in [0.2, 0.25) is 5.02 Å². The molecule has 1 amide bonds. The van der Waals surface area contributed by atoms with Gasteiger partial charge >= 0.3 is 12.4 Å². The maximum Gasteiger partial charge on any atom is 0.416 e. The normalized spacial score (nSPS) is 18.9. The number of rotatable bonds is 6. The smallest absolute Gasteiger partial charge is 0.371 e. The van der Waals surface area contributed by atoms with Gasteiger partial charge in [-0.25, -0.2) is 0 Å². The maximum atomic E-state index is 13.8. The predicted octanol–water partition coefficient (Wildman–Crippen LogP) is 6.96. The Morgan fingerprint density at radius 2 is 1.79 bits per heavy atom. The highest BCUT2D eigenvalue weighted by Crippen LogP contribution is 2.42. The molecule has 3 rings (SSSR count). The van der Waals surface area contributed by atoms with E-state index in [1.165, 1.54) is 12.1 Å². The summed E-state index contributed by atoms with van der Waals surface area (Å²) in [4.78, 5) is 13.4. The zero-order chi connectivity index (χ0) is 25.3. The number of nitrogens with one attached hydrogen (secondary N) is 1. The molecule has 1 unspecified atom stereocenters. The van der Waals surface area contributed by atoms with Gasteiger partial charge in [0.25, 0.3) is 0 Å². The third-order valence-corrected chi connectivity index (χ3v) is 6.33. The van der Waals surface area contributed by atoms with E-state index in [9.17, 15) is 31.1 Å². The van der Waals surface area contributed by atoms with Crippen molar-refractivity contribution in [1.82, 2.24) is 5.32 Å². The quantitative estimate of drug-likeness (QED) is 0.429. The monoisotopic (exact) mass is 506 g/mol. The molecule has 1 atom stereocenters. The lowest BCUT2D eigenvalue weighted by Gasteiger charge is -2.28. The second kappa shape index (κ2) is 9.68. The first-order valence-corrected chi connectivity index (χ1v) is 11.2.